The highest BCUT2D eigenvalue weighted by molar-refractivity contribution is 7.13. The van der Waals surface area contributed by atoms with Crippen LogP contribution in [-0.2, 0) is 6.54 Å². The molecular formula is C16H22N2O2S. The molecule has 1 aliphatic heterocycles. The van der Waals surface area contributed by atoms with E-state index in [0.29, 0.717) is 0 Å². The summed E-state index contributed by atoms with van der Waals surface area (Å²) < 4.78 is 5.80. The number of aryl methyl sites for hydroxylation is 1. The number of rotatable bonds is 4. The van der Waals surface area contributed by atoms with E-state index >= 15 is 0 Å². The Morgan fingerprint density at radius 1 is 1.52 bits per heavy atom. The molecule has 0 amide bonds. The van der Waals surface area contributed by atoms with Crippen LogP contribution in [0, 0.1) is 12.3 Å². The van der Waals surface area contributed by atoms with Crippen molar-refractivity contribution in [1.29, 1.82) is 0 Å². The number of likely N-dealkylation sites (tertiary alicyclic amines) is 1. The lowest BCUT2D eigenvalue weighted by molar-refractivity contribution is 0.0422. The molecule has 1 fully saturated rings. The maximum Gasteiger partial charge on any atom is 0.236 e. The molecule has 0 radical (unpaired) electrons. The number of hydrogen-bond donors (Lipinski definition) is 1. The van der Waals surface area contributed by atoms with E-state index in [-0.39, 0.29) is 12.0 Å². The highest BCUT2D eigenvalue weighted by Crippen LogP contribution is 2.31. The third kappa shape index (κ3) is 3.20. The molecule has 4 nitrogen and oxygen atoms in total. The zero-order valence-corrected chi connectivity index (χ0v) is 13.4. The Hall–Kier alpha value is -1.17. The second kappa shape index (κ2) is 5.91. The smallest absolute Gasteiger partial charge is 0.236 e. The first-order valence-corrected chi connectivity index (χ1v) is 8.31. The quantitative estimate of drug-likeness (QED) is 0.941. The van der Waals surface area contributed by atoms with Gasteiger partial charge in [0, 0.05) is 25.1 Å². The number of thiophene rings is 1. The van der Waals surface area contributed by atoms with Crippen LogP contribution in [0.1, 0.15) is 31.2 Å². The van der Waals surface area contributed by atoms with Gasteiger partial charge in [0.05, 0.1) is 10.6 Å². The molecule has 0 saturated carbocycles. The summed E-state index contributed by atoms with van der Waals surface area (Å²) in [7, 11) is 0. The molecule has 1 aliphatic rings. The van der Waals surface area contributed by atoms with Crippen LogP contribution in [0.25, 0.3) is 10.8 Å². The van der Waals surface area contributed by atoms with Gasteiger partial charge in [-0.1, -0.05) is 13.0 Å². The predicted molar refractivity (Wildman–Crippen MR) is 84.3 cm³/mol. The lowest BCUT2D eigenvalue weighted by Gasteiger charge is -2.39. The van der Waals surface area contributed by atoms with Crippen molar-refractivity contribution in [2.24, 2.45) is 5.41 Å². The zero-order valence-electron chi connectivity index (χ0n) is 12.6. The van der Waals surface area contributed by atoms with Gasteiger partial charge in [-0.05, 0) is 37.8 Å². The van der Waals surface area contributed by atoms with Gasteiger partial charge in [-0.3, -0.25) is 4.90 Å². The van der Waals surface area contributed by atoms with Crippen molar-refractivity contribution in [2.45, 2.75) is 33.2 Å². The summed E-state index contributed by atoms with van der Waals surface area (Å²) in [4.78, 5) is 8.11. The molecule has 0 bridgehead atoms. The third-order valence-corrected chi connectivity index (χ3v) is 5.10. The Balaban J connectivity index is 1.73. The molecule has 0 aromatic carbocycles. The Kier molecular flexibility index (Phi) is 4.15. The minimum Gasteiger partial charge on any atom is -0.440 e. The van der Waals surface area contributed by atoms with Crippen molar-refractivity contribution in [3.05, 3.63) is 29.0 Å². The number of aliphatic hydroxyl groups is 1. The monoisotopic (exact) mass is 306 g/mol. The molecule has 1 saturated heterocycles. The van der Waals surface area contributed by atoms with E-state index < -0.39 is 0 Å². The molecule has 3 heterocycles. The van der Waals surface area contributed by atoms with Crippen LogP contribution in [0.15, 0.2) is 21.9 Å². The van der Waals surface area contributed by atoms with E-state index in [9.17, 15) is 5.11 Å². The van der Waals surface area contributed by atoms with E-state index in [2.05, 4.69) is 16.8 Å². The van der Waals surface area contributed by atoms with E-state index in [1.807, 2.05) is 24.4 Å². The standard InChI is InChI=1S/C16H22N2O2S/c1-12-13(17-15(20-12)14-5-3-8-21-14)9-18-7-4-6-16(2,10-18)11-19/h3,5,8,19H,4,6-7,9-11H2,1-2H3. The average molecular weight is 306 g/mol. The molecule has 2 aromatic heterocycles. The minimum absolute atomic E-state index is 0.0203. The number of oxazole rings is 1. The van der Waals surface area contributed by atoms with Crippen molar-refractivity contribution < 1.29 is 9.52 Å². The fraction of sp³-hybridized carbons (Fsp3) is 0.562. The van der Waals surface area contributed by atoms with Crippen molar-refractivity contribution in [3.8, 4) is 10.8 Å². The summed E-state index contributed by atoms with van der Waals surface area (Å²) >= 11 is 1.64. The highest BCUT2D eigenvalue weighted by atomic mass is 32.1. The second-order valence-electron chi connectivity index (χ2n) is 6.28. The Bertz CT molecular complexity index is 593. The molecular weight excluding hydrogens is 284 g/mol. The maximum atomic E-state index is 9.56. The predicted octanol–water partition coefficient (Wildman–Crippen LogP) is 3.31. The summed E-state index contributed by atoms with van der Waals surface area (Å²) in [6.07, 6.45) is 2.23. The van der Waals surface area contributed by atoms with Crippen LogP contribution in [0.4, 0.5) is 0 Å². The van der Waals surface area contributed by atoms with Gasteiger partial charge in [0.1, 0.15) is 5.76 Å². The average Bonchev–Trinajstić information content (AvgIpc) is 3.10. The van der Waals surface area contributed by atoms with Crippen molar-refractivity contribution in [1.82, 2.24) is 9.88 Å². The van der Waals surface area contributed by atoms with Gasteiger partial charge < -0.3 is 9.52 Å². The van der Waals surface area contributed by atoms with Gasteiger partial charge >= 0.3 is 0 Å². The van der Waals surface area contributed by atoms with Crippen LogP contribution in [0.5, 0.6) is 0 Å². The molecule has 3 rings (SSSR count). The molecule has 1 unspecified atom stereocenters. The first-order chi connectivity index (χ1) is 10.1. The molecule has 114 valence electrons. The summed E-state index contributed by atoms with van der Waals surface area (Å²) in [5.41, 5.74) is 1.03. The first kappa shape index (κ1) is 14.8. The number of piperidine rings is 1. The molecule has 5 heteroatoms. The Morgan fingerprint density at radius 3 is 3.10 bits per heavy atom. The van der Waals surface area contributed by atoms with Crippen LogP contribution in [0.3, 0.4) is 0 Å². The van der Waals surface area contributed by atoms with Gasteiger partial charge in [0.25, 0.3) is 0 Å². The lowest BCUT2D eigenvalue weighted by Crippen LogP contribution is -2.43. The number of aliphatic hydroxyl groups excluding tert-OH is 1. The first-order valence-electron chi connectivity index (χ1n) is 7.43. The van der Waals surface area contributed by atoms with Crippen LogP contribution >= 0.6 is 11.3 Å². The van der Waals surface area contributed by atoms with E-state index in [1.54, 1.807) is 11.3 Å². The fourth-order valence-corrected chi connectivity index (χ4v) is 3.63. The molecule has 0 aliphatic carbocycles. The summed E-state index contributed by atoms with van der Waals surface area (Å²) in [5, 5.41) is 11.6. The Morgan fingerprint density at radius 2 is 2.38 bits per heavy atom. The summed E-state index contributed by atoms with van der Waals surface area (Å²) in [5.74, 6) is 1.62. The van der Waals surface area contributed by atoms with Gasteiger partial charge in [-0.2, -0.15) is 0 Å². The number of hydrogen-bond acceptors (Lipinski definition) is 5. The minimum atomic E-state index is 0.0203. The van der Waals surface area contributed by atoms with Gasteiger partial charge in [0.15, 0.2) is 0 Å². The largest absolute Gasteiger partial charge is 0.440 e. The topological polar surface area (TPSA) is 49.5 Å². The van der Waals surface area contributed by atoms with Crippen molar-refractivity contribution >= 4 is 11.3 Å². The van der Waals surface area contributed by atoms with Crippen LogP contribution in [-0.4, -0.2) is 34.7 Å². The van der Waals surface area contributed by atoms with Crippen molar-refractivity contribution in [3.63, 3.8) is 0 Å². The molecule has 1 atom stereocenters. The summed E-state index contributed by atoms with van der Waals surface area (Å²) in [6.45, 7) is 7.18. The van der Waals surface area contributed by atoms with E-state index in [4.69, 9.17) is 4.42 Å². The second-order valence-corrected chi connectivity index (χ2v) is 7.23. The normalized spacial score (nSPS) is 23.6. The van der Waals surface area contributed by atoms with Crippen molar-refractivity contribution in [2.75, 3.05) is 19.7 Å². The summed E-state index contributed by atoms with van der Waals surface area (Å²) in [6, 6.07) is 4.04. The van der Waals surface area contributed by atoms with Crippen LogP contribution < -0.4 is 0 Å². The number of aromatic nitrogens is 1. The van der Waals surface area contributed by atoms with E-state index in [1.165, 1.54) is 0 Å². The van der Waals surface area contributed by atoms with Gasteiger partial charge in [-0.25, -0.2) is 4.98 Å². The zero-order chi connectivity index (χ0) is 14.9. The molecule has 21 heavy (non-hydrogen) atoms. The van der Waals surface area contributed by atoms with E-state index in [0.717, 1.165) is 54.7 Å². The molecule has 2 aromatic rings. The van der Waals surface area contributed by atoms with Gasteiger partial charge in [0.2, 0.25) is 5.89 Å². The van der Waals surface area contributed by atoms with Gasteiger partial charge in [-0.15, -0.1) is 11.3 Å². The molecule has 0 spiro atoms. The lowest BCUT2D eigenvalue weighted by atomic mass is 9.83. The fourth-order valence-electron chi connectivity index (χ4n) is 2.98. The maximum absolute atomic E-state index is 9.56. The van der Waals surface area contributed by atoms with Crippen LogP contribution in [0.2, 0.25) is 0 Å². The number of nitrogens with zero attached hydrogens (tertiary/aromatic N) is 2. The molecule has 1 N–H and O–H groups in total. The third-order valence-electron chi connectivity index (χ3n) is 4.24. The Labute approximate surface area is 129 Å². The highest BCUT2D eigenvalue weighted by Gasteiger charge is 2.31. The SMILES string of the molecule is Cc1oc(-c2cccs2)nc1CN1CCCC(C)(CO)C1.